The summed E-state index contributed by atoms with van der Waals surface area (Å²) in [6.45, 7) is 1.93. The van der Waals surface area contributed by atoms with Crippen LogP contribution in [-0.4, -0.2) is 30.0 Å². The van der Waals surface area contributed by atoms with Crippen molar-refractivity contribution in [3.8, 4) is 0 Å². The molecule has 0 unspecified atom stereocenters. The highest BCUT2D eigenvalue weighted by atomic mass is 16.2. The fourth-order valence-corrected chi connectivity index (χ4v) is 1.57. The Morgan fingerprint density at radius 2 is 2.00 bits per heavy atom. The van der Waals surface area contributed by atoms with Gasteiger partial charge in [-0.2, -0.15) is 0 Å². The number of benzene rings is 1. The van der Waals surface area contributed by atoms with Crippen molar-refractivity contribution in [1.82, 2.24) is 9.88 Å². The molecule has 0 spiro atoms. The summed E-state index contributed by atoms with van der Waals surface area (Å²) < 4.78 is 0. The SMILES string of the molecule is Cc1ccc2cccc(NC(=O)N(C)C)c2n1. The van der Waals surface area contributed by atoms with Gasteiger partial charge in [-0.05, 0) is 19.1 Å². The van der Waals surface area contributed by atoms with Crippen molar-refractivity contribution in [2.24, 2.45) is 0 Å². The van der Waals surface area contributed by atoms with Crippen LogP contribution in [-0.2, 0) is 0 Å². The van der Waals surface area contributed by atoms with Crippen LogP contribution in [0.3, 0.4) is 0 Å². The number of carbonyl (C=O) groups excluding carboxylic acids is 1. The first kappa shape index (κ1) is 11.4. The monoisotopic (exact) mass is 229 g/mol. The molecule has 0 bridgehead atoms. The lowest BCUT2D eigenvalue weighted by molar-refractivity contribution is 0.231. The van der Waals surface area contributed by atoms with Crippen LogP contribution in [0.15, 0.2) is 30.3 Å². The smallest absolute Gasteiger partial charge is 0.321 e. The Balaban J connectivity index is 2.46. The maximum Gasteiger partial charge on any atom is 0.321 e. The molecule has 0 aliphatic rings. The van der Waals surface area contributed by atoms with E-state index in [9.17, 15) is 4.79 Å². The zero-order chi connectivity index (χ0) is 12.4. The van der Waals surface area contributed by atoms with E-state index in [1.807, 2.05) is 37.3 Å². The van der Waals surface area contributed by atoms with E-state index in [2.05, 4.69) is 10.3 Å². The Morgan fingerprint density at radius 1 is 1.24 bits per heavy atom. The zero-order valence-corrected chi connectivity index (χ0v) is 10.2. The van der Waals surface area contributed by atoms with E-state index in [0.29, 0.717) is 0 Å². The lowest BCUT2D eigenvalue weighted by atomic mass is 10.2. The number of rotatable bonds is 1. The standard InChI is InChI=1S/C13H15N3O/c1-9-7-8-10-5-4-6-11(12(10)14-9)15-13(17)16(2)3/h4-8H,1-3H3,(H,15,17). The van der Waals surface area contributed by atoms with E-state index in [1.165, 1.54) is 4.90 Å². The molecular formula is C13H15N3O. The Morgan fingerprint density at radius 3 is 2.71 bits per heavy atom. The Labute approximate surface area is 100 Å². The van der Waals surface area contributed by atoms with Gasteiger partial charge in [0, 0.05) is 25.2 Å². The minimum Gasteiger partial charge on any atom is -0.331 e. The minimum atomic E-state index is -0.152. The van der Waals surface area contributed by atoms with Gasteiger partial charge in [-0.3, -0.25) is 4.98 Å². The first-order chi connectivity index (χ1) is 8.08. The molecule has 2 rings (SSSR count). The van der Waals surface area contributed by atoms with Crippen molar-refractivity contribution in [2.45, 2.75) is 6.92 Å². The number of pyridine rings is 1. The molecule has 1 N–H and O–H groups in total. The van der Waals surface area contributed by atoms with Crippen LogP contribution < -0.4 is 5.32 Å². The molecule has 17 heavy (non-hydrogen) atoms. The predicted octanol–water partition coefficient (Wildman–Crippen LogP) is 2.64. The number of aryl methyl sites for hydroxylation is 1. The molecule has 1 aromatic heterocycles. The highest BCUT2D eigenvalue weighted by Crippen LogP contribution is 2.21. The number of anilines is 1. The summed E-state index contributed by atoms with van der Waals surface area (Å²) in [5, 5.41) is 3.86. The second-order valence-electron chi connectivity index (χ2n) is 4.15. The summed E-state index contributed by atoms with van der Waals surface area (Å²) in [4.78, 5) is 17.6. The van der Waals surface area contributed by atoms with Gasteiger partial charge in [0.2, 0.25) is 0 Å². The summed E-state index contributed by atoms with van der Waals surface area (Å²) in [6, 6.07) is 9.55. The number of nitrogens with one attached hydrogen (secondary N) is 1. The van der Waals surface area contributed by atoms with Crippen LogP contribution in [0.5, 0.6) is 0 Å². The van der Waals surface area contributed by atoms with Crippen LogP contribution in [0.4, 0.5) is 10.5 Å². The van der Waals surface area contributed by atoms with Crippen molar-refractivity contribution >= 4 is 22.6 Å². The van der Waals surface area contributed by atoms with Crippen molar-refractivity contribution in [2.75, 3.05) is 19.4 Å². The molecule has 1 heterocycles. The normalized spacial score (nSPS) is 10.3. The highest BCUT2D eigenvalue weighted by molar-refractivity contribution is 5.99. The second kappa shape index (κ2) is 4.41. The fraction of sp³-hybridized carbons (Fsp3) is 0.231. The predicted molar refractivity (Wildman–Crippen MR) is 69.2 cm³/mol. The lowest BCUT2D eigenvalue weighted by Gasteiger charge is -2.13. The molecule has 0 aliphatic carbocycles. The van der Waals surface area contributed by atoms with E-state index in [0.717, 1.165) is 22.3 Å². The van der Waals surface area contributed by atoms with Crippen molar-refractivity contribution < 1.29 is 4.79 Å². The molecule has 0 saturated carbocycles. The molecule has 0 aliphatic heterocycles. The fourth-order valence-electron chi connectivity index (χ4n) is 1.57. The number of amides is 2. The van der Waals surface area contributed by atoms with E-state index in [-0.39, 0.29) is 6.03 Å². The number of hydrogen-bond acceptors (Lipinski definition) is 2. The van der Waals surface area contributed by atoms with E-state index in [1.54, 1.807) is 14.1 Å². The van der Waals surface area contributed by atoms with Gasteiger partial charge in [0.25, 0.3) is 0 Å². The van der Waals surface area contributed by atoms with Gasteiger partial charge in [-0.25, -0.2) is 4.79 Å². The molecule has 0 radical (unpaired) electrons. The average molecular weight is 229 g/mol. The molecule has 2 amide bonds. The quantitative estimate of drug-likeness (QED) is 0.817. The Hall–Kier alpha value is -2.10. The third kappa shape index (κ3) is 2.36. The number of carbonyl (C=O) groups is 1. The molecule has 1 aromatic carbocycles. The highest BCUT2D eigenvalue weighted by Gasteiger charge is 2.07. The van der Waals surface area contributed by atoms with Crippen molar-refractivity contribution in [3.05, 3.63) is 36.0 Å². The number of para-hydroxylation sites is 1. The molecule has 88 valence electrons. The molecule has 4 nitrogen and oxygen atoms in total. The molecule has 0 saturated heterocycles. The van der Waals surface area contributed by atoms with E-state index >= 15 is 0 Å². The summed E-state index contributed by atoms with van der Waals surface area (Å²) >= 11 is 0. The first-order valence-corrected chi connectivity index (χ1v) is 5.42. The summed E-state index contributed by atoms with van der Waals surface area (Å²) in [5.41, 5.74) is 2.50. The molecular weight excluding hydrogens is 214 g/mol. The summed E-state index contributed by atoms with van der Waals surface area (Å²) in [5.74, 6) is 0. The summed E-state index contributed by atoms with van der Waals surface area (Å²) in [6.07, 6.45) is 0. The second-order valence-corrected chi connectivity index (χ2v) is 4.15. The number of urea groups is 1. The van der Waals surface area contributed by atoms with Crippen LogP contribution >= 0.6 is 0 Å². The number of hydrogen-bond donors (Lipinski definition) is 1. The first-order valence-electron chi connectivity index (χ1n) is 5.42. The van der Waals surface area contributed by atoms with Crippen LogP contribution in [0, 0.1) is 6.92 Å². The van der Waals surface area contributed by atoms with Gasteiger partial charge in [0.05, 0.1) is 11.2 Å². The molecule has 2 aromatic rings. The van der Waals surface area contributed by atoms with Crippen LogP contribution in [0.1, 0.15) is 5.69 Å². The average Bonchev–Trinajstić information content (AvgIpc) is 2.29. The lowest BCUT2D eigenvalue weighted by Crippen LogP contribution is -2.27. The summed E-state index contributed by atoms with van der Waals surface area (Å²) in [7, 11) is 3.41. The number of fused-ring (bicyclic) bond motifs is 1. The largest absolute Gasteiger partial charge is 0.331 e. The topological polar surface area (TPSA) is 45.2 Å². The number of nitrogens with zero attached hydrogens (tertiary/aromatic N) is 2. The van der Waals surface area contributed by atoms with Gasteiger partial charge in [0.15, 0.2) is 0 Å². The molecule has 0 fully saturated rings. The zero-order valence-electron chi connectivity index (χ0n) is 10.2. The van der Waals surface area contributed by atoms with Crippen molar-refractivity contribution in [1.29, 1.82) is 0 Å². The van der Waals surface area contributed by atoms with Crippen molar-refractivity contribution in [3.63, 3.8) is 0 Å². The maximum atomic E-state index is 11.6. The Bertz CT molecular complexity index is 564. The van der Waals surface area contributed by atoms with Gasteiger partial charge < -0.3 is 10.2 Å². The van der Waals surface area contributed by atoms with Gasteiger partial charge >= 0.3 is 6.03 Å². The van der Waals surface area contributed by atoms with Crippen LogP contribution in [0.25, 0.3) is 10.9 Å². The Kier molecular flexibility index (Phi) is 2.95. The van der Waals surface area contributed by atoms with E-state index in [4.69, 9.17) is 0 Å². The van der Waals surface area contributed by atoms with Gasteiger partial charge in [0.1, 0.15) is 0 Å². The minimum absolute atomic E-state index is 0.152. The third-order valence-electron chi connectivity index (χ3n) is 2.51. The number of aromatic nitrogens is 1. The van der Waals surface area contributed by atoms with Crippen LogP contribution in [0.2, 0.25) is 0 Å². The van der Waals surface area contributed by atoms with E-state index < -0.39 is 0 Å². The molecule has 4 heteroatoms. The van der Waals surface area contributed by atoms with Gasteiger partial charge in [-0.1, -0.05) is 18.2 Å². The van der Waals surface area contributed by atoms with Gasteiger partial charge in [-0.15, -0.1) is 0 Å². The maximum absolute atomic E-state index is 11.6. The molecule has 0 atom stereocenters. The third-order valence-corrected chi connectivity index (χ3v) is 2.51.